The van der Waals surface area contributed by atoms with Gasteiger partial charge in [-0.1, -0.05) is 11.6 Å². The zero-order valence-corrected chi connectivity index (χ0v) is 12.6. The van der Waals surface area contributed by atoms with E-state index in [1.54, 1.807) is 7.11 Å². The standard InChI is InChI=1S/C14H21ClN2O2/c1-4-17-12(13(15)10(2)16-17)8-11(18)9-14(19-3)6-5-7-14/h4-9H2,1-3H3. The minimum absolute atomic E-state index is 0.179. The third kappa shape index (κ3) is 2.84. The van der Waals surface area contributed by atoms with E-state index in [9.17, 15) is 4.79 Å². The molecule has 4 nitrogen and oxygen atoms in total. The Bertz CT molecular complexity index is 473. The van der Waals surface area contributed by atoms with Crippen LogP contribution in [0, 0.1) is 6.92 Å². The number of nitrogens with zero attached hydrogens (tertiary/aromatic N) is 2. The summed E-state index contributed by atoms with van der Waals surface area (Å²) in [6, 6.07) is 0. The summed E-state index contributed by atoms with van der Waals surface area (Å²) in [4.78, 5) is 12.2. The van der Waals surface area contributed by atoms with Gasteiger partial charge in [-0.3, -0.25) is 9.48 Å². The Balaban J connectivity index is 2.06. The Morgan fingerprint density at radius 2 is 2.21 bits per heavy atom. The fraction of sp³-hybridized carbons (Fsp3) is 0.714. The molecule has 0 aliphatic heterocycles. The number of methoxy groups -OCH3 is 1. The van der Waals surface area contributed by atoms with Crippen LogP contribution in [0.3, 0.4) is 0 Å². The summed E-state index contributed by atoms with van der Waals surface area (Å²) < 4.78 is 7.31. The number of carbonyl (C=O) groups is 1. The molecule has 19 heavy (non-hydrogen) atoms. The van der Waals surface area contributed by atoms with Crippen LogP contribution in [0.4, 0.5) is 0 Å². The van der Waals surface area contributed by atoms with Gasteiger partial charge < -0.3 is 4.74 Å². The molecule has 1 aromatic heterocycles. The summed E-state index contributed by atoms with van der Waals surface area (Å²) in [5.41, 5.74) is 1.41. The molecule has 2 rings (SSSR count). The van der Waals surface area contributed by atoms with Crippen molar-refractivity contribution >= 4 is 17.4 Å². The van der Waals surface area contributed by atoms with Crippen LogP contribution in [0.15, 0.2) is 0 Å². The lowest BCUT2D eigenvalue weighted by Crippen LogP contribution is -2.41. The summed E-state index contributed by atoms with van der Waals surface area (Å²) in [5, 5.41) is 4.95. The van der Waals surface area contributed by atoms with Gasteiger partial charge in [-0.25, -0.2) is 0 Å². The predicted molar refractivity (Wildman–Crippen MR) is 74.6 cm³/mol. The molecule has 0 N–H and O–H groups in total. The Hall–Kier alpha value is -0.870. The lowest BCUT2D eigenvalue weighted by Gasteiger charge is -2.40. The van der Waals surface area contributed by atoms with E-state index in [1.165, 1.54) is 0 Å². The Labute approximate surface area is 119 Å². The fourth-order valence-electron chi connectivity index (χ4n) is 2.67. The van der Waals surface area contributed by atoms with Crippen LogP contribution >= 0.6 is 11.6 Å². The van der Waals surface area contributed by atoms with Gasteiger partial charge in [-0.2, -0.15) is 5.10 Å². The maximum Gasteiger partial charge on any atom is 0.141 e. The molecule has 1 aliphatic rings. The van der Waals surface area contributed by atoms with E-state index in [2.05, 4.69) is 5.10 Å². The molecule has 0 aromatic carbocycles. The van der Waals surface area contributed by atoms with Crippen LogP contribution in [0.25, 0.3) is 0 Å². The van der Waals surface area contributed by atoms with E-state index in [1.807, 2.05) is 18.5 Å². The molecule has 0 amide bonds. The summed E-state index contributed by atoms with van der Waals surface area (Å²) >= 11 is 6.22. The second-order valence-corrected chi connectivity index (χ2v) is 5.67. The van der Waals surface area contributed by atoms with Crippen LogP contribution in [0.2, 0.25) is 5.02 Å². The van der Waals surface area contributed by atoms with Crippen LogP contribution in [-0.2, 0) is 22.5 Å². The van der Waals surface area contributed by atoms with E-state index >= 15 is 0 Å². The normalized spacial score (nSPS) is 17.3. The second-order valence-electron chi connectivity index (χ2n) is 5.29. The molecule has 1 aliphatic carbocycles. The van der Waals surface area contributed by atoms with E-state index in [0.29, 0.717) is 17.9 Å². The molecule has 0 bridgehead atoms. The van der Waals surface area contributed by atoms with E-state index < -0.39 is 0 Å². The Morgan fingerprint density at radius 3 is 2.68 bits per heavy atom. The highest BCUT2D eigenvalue weighted by atomic mass is 35.5. The van der Waals surface area contributed by atoms with Gasteiger partial charge in [0.1, 0.15) is 5.78 Å². The zero-order chi connectivity index (χ0) is 14.0. The quantitative estimate of drug-likeness (QED) is 0.807. The average Bonchev–Trinajstić information content (AvgIpc) is 2.61. The molecule has 0 saturated heterocycles. The van der Waals surface area contributed by atoms with Crippen LogP contribution in [0.5, 0.6) is 0 Å². The summed E-state index contributed by atoms with van der Waals surface area (Å²) in [5.74, 6) is 0.179. The lowest BCUT2D eigenvalue weighted by molar-refractivity contribution is -0.131. The number of ether oxygens (including phenoxy) is 1. The molecule has 106 valence electrons. The Kier molecular flexibility index (Phi) is 4.31. The van der Waals surface area contributed by atoms with Crippen molar-refractivity contribution in [3.8, 4) is 0 Å². The number of halogens is 1. The maximum atomic E-state index is 12.2. The minimum atomic E-state index is -0.213. The molecule has 0 unspecified atom stereocenters. The monoisotopic (exact) mass is 284 g/mol. The van der Waals surface area contributed by atoms with Crippen molar-refractivity contribution in [2.24, 2.45) is 0 Å². The lowest BCUT2D eigenvalue weighted by atomic mass is 9.76. The topological polar surface area (TPSA) is 44.1 Å². The molecule has 0 spiro atoms. The number of Topliss-reactive ketones (excluding diaryl/α,β-unsaturated/α-hetero) is 1. The van der Waals surface area contributed by atoms with Crippen LogP contribution in [0.1, 0.15) is 44.0 Å². The third-order valence-electron chi connectivity index (χ3n) is 4.03. The predicted octanol–water partition coefficient (Wildman–Crippen LogP) is 2.94. The first-order valence-electron chi connectivity index (χ1n) is 6.80. The van der Waals surface area contributed by atoms with Gasteiger partial charge in [0, 0.05) is 26.5 Å². The molecular weight excluding hydrogens is 264 g/mol. The van der Waals surface area contributed by atoms with E-state index in [0.717, 1.165) is 37.2 Å². The second kappa shape index (κ2) is 5.63. The number of carbonyl (C=O) groups excluding carboxylic acids is 1. The maximum absolute atomic E-state index is 12.2. The molecule has 5 heteroatoms. The van der Waals surface area contributed by atoms with Gasteiger partial charge in [0.2, 0.25) is 0 Å². The van der Waals surface area contributed by atoms with E-state index in [4.69, 9.17) is 16.3 Å². The molecule has 1 heterocycles. The SMILES string of the molecule is CCn1nc(C)c(Cl)c1CC(=O)CC1(OC)CCC1. The number of ketones is 1. The van der Waals surface area contributed by atoms with E-state index in [-0.39, 0.29) is 11.4 Å². The van der Waals surface area contributed by atoms with Crippen molar-refractivity contribution in [2.75, 3.05) is 7.11 Å². The fourth-order valence-corrected chi connectivity index (χ4v) is 2.87. The summed E-state index contributed by atoms with van der Waals surface area (Å²) in [7, 11) is 1.69. The van der Waals surface area contributed by atoms with Crippen molar-refractivity contribution in [3.05, 3.63) is 16.4 Å². The van der Waals surface area contributed by atoms with Crippen LogP contribution < -0.4 is 0 Å². The first-order chi connectivity index (χ1) is 9.01. The first kappa shape index (κ1) is 14.5. The number of hydrogen-bond acceptors (Lipinski definition) is 3. The number of aryl methyl sites for hydroxylation is 2. The number of rotatable bonds is 6. The highest BCUT2D eigenvalue weighted by Crippen LogP contribution is 2.38. The summed E-state index contributed by atoms with van der Waals surface area (Å²) in [6.45, 7) is 4.59. The highest BCUT2D eigenvalue weighted by Gasteiger charge is 2.39. The van der Waals surface area contributed by atoms with Gasteiger partial charge >= 0.3 is 0 Å². The van der Waals surface area contributed by atoms with Crippen molar-refractivity contribution in [1.82, 2.24) is 9.78 Å². The van der Waals surface area contributed by atoms with Gasteiger partial charge in [-0.15, -0.1) is 0 Å². The van der Waals surface area contributed by atoms with Gasteiger partial charge in [0.05, 0.1) is 22.0 Å². The van der Waals surface area contributed by atoms with Crippen molar-refractivity contribution < 1.29 is 9.53 Å². The number of aromatic nitrogens is 2. The smallest absolute Gasteiger partial charge is 0.141 e. The van der Waals surface area contributed by atoms with Crippen LogP contribution in [-0.4, -0.2) is 28.3 Å². The van der Waals surface area contributed by atoms with Gasteiger partial charge in [-0.05, 0) is 33.1 Å². The van der Waals surface area contributed by atoms with Gasteiger partial charge in [0.15, 0.2) is 0 Å². The van der Waals surface area contributed by atoms with Crippen molar-refractivity contribution in [1.29, 1.82) is 0 Å². The molecule has 1 aromatic rings. The van der Waals surface area contributed by atoms with Gasteiger partial charge in [0.25, 0.3) is 0 Å². The third-order valence-corrected chi connectivity index (χ3v) is 4.53. The Morgan fingerprint density at radius 1 is 1.53 bits per heavy atom. The molecule has 0 radical (unpaired) electrons. The largest absolute Gasteiger partial charge is 0.378 e. The molecule has 1 fully saturated rings. The first-order valence-corrected chi connectivity index (χ1v) is 7.18. The average molecular weight is 285 g/mol. The molecule has 1 saturated carbocycles. The minimum Gasteiger partial charge on any atom is -0.378 e. The summed E-state index contributed by atoms with van der Waals surface area (Å²) in [6.07, 6.45) is 3.93. The van der Waals surface area contributed by atoms with Crippen molar-refractivity contribution in [2.45, 2.75) is 58.1 Å². The zero-order valence-electron chi connectivity index (χ0n) is 11.8. The van der Waals surface area contributed by atoms with Crippen molar-refractivity contribution in [3.63, 3.8) is 0 Å². The molecule has 0 atom stereocenters. The highest BCUT2D eigenvalue weighted by molar-refractivity contribution is 6.32. The number of hydrogen-bond donors (Lipinski definition) is 0. The molecular formula is C14H21ClN2O2.